The van der Waals surface area contributed by atoms with Gasteiger partial charge >= 0.3 is 5.97 Å². The Morgan fingerprint density at radius 1 is 0.944 bits per heavy atom. The van der Waals surface area contributed by atoms with Gasteiger partial charge in [-0.1, -0.05) is 60.7 Å². The largest absolute Gasteiger partial charge is 0.454 e. The summed E-state index contributed by atoms with van der Waals surface area (Å²) in [6.07, 6.45) is 1.24. The summed E-state index contributed by atoms with van der Waals surface area (Å²) in [6, 6.07) is 21.1. The summed E-state index contributed by atoms with van der Waals surface area (Å²) in [4.78, 5) is 44.2. The molecule has 1 fully saturated rings. The number of ether oxygens (including phenoxy) is 1. The van der Waals surface area contributed by atoms with Crippen LogP contribution in [0.3, 0.4) is 0 Å². The number of likely N-dealkylation sites (tertiary alicyclic amines) is 1. The number of thiophene rings is 1. The Balaban J connectivity index is 1.14. The molecule has 36 heavy (non-hydrogen) atoms. The Kier molecular flexibility index (Phi) is 7.20. The number of carbonyl (C=O) groups excluding carboxylic acids is 3. The average molecular weight is 518 g/mol. The third kappa shape index (κ3) is 5.37. The molecular weight excluding hydrogens is 494 g/mol. The van der Waals surface area contributed by atoms with Crippen LogP contribution in [0.15, 0.2) is 77.5 Å². The highest BCUT2D eigenvalue weighted by molar-refractivity contribution is 7.14. The minimum absolute atomic E-state index is 0.180. The van der Waals surface area contributed by atoms with Crippen LogP contribution >= 0.6 is 22.7 Å². The van der Waals surface area contributed by atoms with Gasteiger partial charge in [0, 0.05) is 17.5 Å². The van der Waals surface area contributed by atoms with E-state index in [-0.39, 0.29) is 5.91 Å². The van der Waals surface area contributed by atoms with E-state index in [9.17, 15) is 14.4 Å². The first-order valence-electron chi connectivity index (χ1n) is 11.5. The molecule has 2 aromatic carbocycles. The summed E-state index contributed by atoms with van der Waals surface area (Å²) in [5.74, 6) is -1.22. The van der Waals surface area contributed by atoms with Gasteiger partial charge in [0.25, 0.3) is 11.8 Å². The van der Waals surface area contributed by atoms with Crippen LogP contribution in [-0.2, 0) is 14.3 Å². The van der Waals surface area contributed by atoms with Crippen LogP contribution in [0, 0.1) is 0 Å². The van der Waals surface area contributed by atoms with Crippen molar-refractivity contribution >= 4 is 45.6 Å². The fraction of sp³-hybridized carbons (Fsp3) is 0.185. The van der Waals surface area contributed by atoms with E-state index in [2.05, 4.69) is 22.4 Å². The minimum Gasteiger partial charge on any atom is -0.454 e. The molecule has 5 rings (SSSR count). The highest BCUT2D eigenvalue weighted by Crippen LogP contribution is 2.28. The molecule has 1 unspecified atom stereocenters. The molecule has 3 heterocycles. The van der Waals surface area contributed by atoms with Gasteiger partial charge in [0.2, 0.25) is 0 Å². The molecular formula is C27H23N3O4S2. The van der Waals surface area contributed by atoms with Gasteiger partial charge in [0.1, 0.15) is 6.04 Å². The van der Waals surface area contributed by atoms with Crippen LogP contribution in [0.2, 0.25) is 0 Å². The van der Waals surface area contributed by atoms with Crippen molar-refractivity contribution in [2.45, 2.75) is 18.9 Å². The van der Waals surface area contributed by atoms with Gasteiger partial charge in [0.05, 0.1) is 10.6 Å². The molecule has 2 amide bonds. The predicted molar refractivity (Wildman–Crippen MR) is 141 cm³/mol. The zero-order valence-electron chi connectivity index (χ0n) is 19.3. The number of esters is 1. The van der Waals surface area contributed by atoms with Crippen molar-refractivity contribution in [1.29, 1.82) is 0 Å². The number of carbonyl (C=O) groups is 3. The van der Waals surface area contributed by atoms with Crippen molar-refractivity contribution in [1.82, 2.24) is 9.88 Å². The molecule has 2 aromatic heterocycles. The van der Waals surface area contributed by atoms with E-state index in [0.717, 1.165) is 28.8 Å². The van der Waals surface area contributed by atoms with Crippen LogP contribution in [0.25, 0.3) is 22.4 Å². The van der Waals surface area contributed by atoms with Crippen molar-refractivity contribution in [3.63, 3.8) is 0 Å². The van der Waals surface area contributed by atoms with E-state index >= 15 is 0 Å². The molecule has 0 radical (unpaired) electrons. The average Bonchev–Trinajstić information content (AvgIpc) is 3.70. The van der Waals surface area contributed by atoms with Gasteiger partial charge in [0.15, 0.2) is 11.7 Å². The van der Waals surface area contributed by atoms with E-state index in [1.54, 1.807) is 12.1 Å². The topological polar surface area (TPSA) is 88.6 Å². The van der Waals surface area contributed by atoms with Crippen molar-refractivity contribution in [2.75, 3.05) is 18.5 Å². The zero-order valence-corrected chi connectivity index (χ0v) is 20.9. The van der Waals surface area contributed by atoms with Crippen molar-refractivity contribution in [3.8, 4) is 22.4 Å². The van der Waals surface area contributed by atoms with Crippen molar-refractivity contribution in [3.05, 3.63) is 82.4 Å². The molecule has 0 spiro atoms. The normalized spacial score (nSPS) is 15.0. The number of hydrogen-bond acceptors (Lipinski definition) is 7. The number of thiazole rings is 1. The van der Waals surface area contributed by atoms with Gasteiger partial charge in [-0.25, -0.2) is 9.78 Å². The molecule has 182 valence electrons. The Labute approximate surface area is 216 Å². The number of amides is 2. The highest BCUT2D eigenvalue weighted by atomic mass is 32.1. The van der Waals surface area contributed by atoms with Crippen LogP contribution in [0.4, 0.5) is 5.13 Å². The lowest BCUT2D eigenvalue weighted by Gasteiger charge is -2.22. The molecule has 0 bridgehead atoms. The van der Waals surface area contributed by atoms with E-state index in [4.69, 9.17) is 4.74 Å². The number of nitrogens with zero attached hydrogens (tertiary/aromatic N) is 2. The molecule has 0 aliphatic carbocycles. The van der Waals surface area contributed by atoms with Crippen molar-refractivity contribution in [2.24, 2.45) is 0 Å². The minimum atomic E-state index is -0.669. The lowest BCUT2D eigenvalue weighted by atomic mass is 10.0. The third-order valence-corrected chi connectivity index (χ3v) is 7.52. The second-order valence-corrected chi connectivity index (χ2v) is 10.1. The summed E-state index contributed by atoms with van der Waals surface area (Å²) in [6.45, 7) is 0.0635. The number of benzene rings is 2. The van der Waals surface area contributed by atoms with Crippen LogP contribution in [0.5, 0.6) is 0 Å². The van der Waals surface area contributed by atoms with E-state index in [1.807, 2.05) is 53.2 Å². The Bertz CT molecular complexity index is 1350. The van der Waals surface area contributed by atoms with Crippen LogP contribution in [0.1, 0.15) is 22.5 Å². The van der Waals surface area contributed by atoms with Gasteiger partial charge in [-0.3, -0.25) is 14.9 Å². The second kappa shape index (κ2) is 10.8. The van der Waals surface area contributed by atoms with Crippen LogP contribution < -0.4 is 5.32 Å². The SMILES string of the molecule is O=C(COC(=O)C1CCCN1C(=O)c1cccs1)Nc1nc(-c2ccc(-c3ccccc3)cc2)cs1. The van der Waals surface area contributed by atoms with Crippen LogP contribution in [-0.4, -0.2) is 46.9 Å². The number of rotatable bonds is 7. The number of anilines is 1. The molecule has 7 nitrogen and oxygen atoms in total. The first-order chi connectivity index (χ1) is 17.6. The summed E-state index contributed by atoms with van der Waals surface area (Å²) < 4.78 is 5.24. The smallest absolute Gasteiger partial charge is 0.329 e. The molecule has 9 heteroatoms. The Hall–Kier alpha value is -3.82. The Morgan fingerprint density at radius 3 is 2.44 bits per heavy atom. The maximum atomic E-state index is 12.7. The number of nitrogens with one attached hydrogen (secondary N) is 1. The molecule has 0 saturated carbocycles. The monoisotopic (exact) mass is 517 g/mol. The second-order valence-electron chi connectivity index (χ2n) is 8.27. The zero-order chi connectivity index (χ0) is 24.9. The fourth-order valence-corrected chi connectivity index (χ4v) is 5.53. The highest BCUT2D eigenvalue weighted by Gasteiger charge is 2.36. The van der Waals surface area contributed by atoms with Gasteiger partial charge in [-0.2, -0.15) is 0 Å². The fourth-order valence-electron chi connectivity index (χ4n) is 4.11. The lowest BCUT2D eigenvalue weighted by Crippen LogP contribution is -2.41. The first kappa shape index (κ1) is 23.9. The van der Waals surface area contributed by atoms with E-state index in [0.29, 0.717) is 23.0 Å². The summed E-state index contributed by atoms with van der Waals surface area (Å²) in [5.41, 5.74) is 3.94. The molecule has 1 aliphatic rings. The predicted octanol–water partition coefficient (Wildman–Crippen LogP) is 5.33. The summed E-state index contributed by atoms with van der Waals surface area (Å²) in [5, 5.41) is 6.80. The molecule has 1 aliphatic heterocycles. The third-order valence-electron chi connectivity index (χ3n) is 5.90. The Morgan fingerprint density at radius 2 is 1.69 bits per heavy atom. The van der Waals surface area contributed by atoms with Gasteiger partial charge in [-0.15, -0.1) is 22.7 Å². The summed E-state index contributed by atoms with van der Waals surface area (Å²) in [7, 11) is 0. The number of hydrogen-bond donors (Lipinski definition) is 1. The molecule has 1 saturated heterocycles. The quantitative estimate of drug-likeness (QED) is 0.335. The van der Waals surface area contributed by atoms with Crippen molar-refractivity contribution < 1.29 is 19.1 Å². The molecule has 1 N–H and O–H groups in total. The maximum Gasteiger partial charge on any atom is 0.329 e. The van der Waals surface area contributed by atoms with Gasteiger partial charge in [-0.05, 0) is 35.4 Å². The lowest BCUT2D eigenvalue weighted by molar-refractivity contribution is -0.151. The standard InChI is InChI=1S/C27H23N3O4S2/c31-24(16-34-26(33)22-8-4-14-30(22)25(32)23-9-5-15-35-23)29-27-28-21(17-36-27)20-12-10-19(11-13-20)18-6-2-1-3-7-18/h1-3,5-7,9-13,15,17,22H,4,8,14,16H2,(H,28,29,31). The molecule has 4 aromatic rings. The maximum absolute atomic E-state index is 12.7. The van der Waals surface area contributed by atoms with Gasteiger partial charge < -0.3 is 9.64 Å². The first-order valence-corrected chi connectivity index (χ1v) is 13.3. The van der Waals surface area contributed by atoms with E-state index in [1.165, 1.54) is 27.6 Å². The number of aromatic nitrogens is 1. The van der Waals surface area contributed by atoms with E-state index < -0.39 is 24.5 Å². The summed E-state index contributed by atoms with van der Waals surface area (Å²) >= 11 is 2.64. The molecule has 1 atom stereocenters.